The van der Waals surface area contributed by atoms with Gasteiger partial charge in [-0.3, -0.25) is 0 Å². The number of hydrogen-bond donors (Lipinski definition) is 1. The van der Waals surface area contributed by atoms with Crippen LogP contribution < -0.4 is 0 Å². The maximum atomic E-state index is 11.0. The van der Waals surface area contributed by atoms with E-state index in [1.165, 1.54) is 57.8 Å². The molecule has 1 saturated carbocycles. The molecule has 2 nitrogen and oxygen atoms in total. The van der Waals surface area contributed by atoms with Crippen molar-refractivity contribution < 1.29 is 5.21 Å². The van der Waals surface area contributed by atoms with Gasteiger partial charge in [-0.15, -0.1) is 0 Å². The number of hydrogen-bond acceptors (Lipinski definition) is 2. The number of hydroxylamine groups is 2. The van der Waals surface area contributed by atoms with Gasteiger partial charge in [0.25, 0.3) is 0 Å². The normalized spacial score (nSPS) is 35.7. The van der Waals surface area contributed by atoms with Gasteiger partial charge in [-0.1, -0.05) is 52.4 Å². The van der Waals surface area contributed by atoms with E-state index < -0.39 is 0 Å². The summed E-state index contributed by atoms with van der Waals surface area (Å²) in [6.07, 6.45) is 13.7. The van der Waals surface area contributed by atoms with E-state index >= 15 is 0 Å². The first-order valence-electron chi connectivity index (χ1n) is 8.52. The van der Waals surface area contributed by atoms with Crippen LogP contribution in [-0.2, 0) is 0 Å². The lowest BCUT2D eigenvalue weighted by Gasteiger charge is -2.57. The molecule has 2 heteroatoms. The second-order valence-corrected chi connectivity index (χ2v) is 7.56. The summed E-state index contributed by atoms with van der Waals surface area (Å²) in [4.78, 5) is 0. The van der Waals surface area contributed by atoms with E-state index in [-0.39, 0.29) is 11.1 Å². The molecule has 19 heavy (non-hydrogen) atoms. The van der Waals surface area contributed by atoms with Gasteiger partial charge in [-0.25, -0.2) is 0 Å². The van der Waals surface area contributed by atoms with Crippen LogP contribution in [0.2, 0.25) is 0 Å². The van der Waals surface area contributed by atoms with E-state index in [4.69, 9.17) is 0 Å². The van der Waals surface area contributed by atoms with Gasteiger partial charge in [0.1, 0.15) is 0 Å². The van der Waals surface area contributed by atoms with E-state index in [9.17, 15) is 5.21 Å². The summed E-state index contributed by atoms with van der Waals surface area (Å²) < 4.78 is 0. The number of unbranched alkanes of at least 4 members (excludes halogenated alkanes) is 2. The van der Waals surface area contributed by atoms with Gasteiger partial charge in [-0.05, 0) is 44.9 Å². The summed E-state index contributed by atoms with van der Waals surface area (Å²) in [7, 11) is 0. The molecule has 1 spiro atoms. The SMILES string of the molecule is CCCCCC1(C)CC(C)CC2(CCCCC2)N1O. The first kappa shape index (κ1) is 15.3. The summed E-state index contributed by atoms with van der Waals surface area (Å²) in [5.74, 6) is 0.758. The predicted octanol–water partition coefficient (Wildman–Crippen LogP) is 5.15. The molecule has 2 aliphatic rings. The third kappa shape index (κ3) is 3.16. The molecule has 2 atom stereocenters. The van der Waals surface area contributed by atoms with Crippen LogP contribution in [0.4, 0.5) is 0 Å². The first-order valence-corrected chi connectivity index (χ1v) is 8.52. The third-order valence-electron chi connectivity index (χ3n) is 5.58. The Morgan fingerprint density at radius 3 is 2.42 bits per heavy atom. The van der Waals surface area contributed by atoms with Crippen molar-refractivity contribution in [2.45, 2.75) is 102 Å². The van der Waals surface area contributed by atoms with Crippen LogP contribution in [0.15, 0.2) is 0 Å². The van der Waals surface area contributed by atoms with Crippen LogP contribution in [0.5, 0.6) is 0 Å². The molecule has 1 aliphatic heterocycles. The molecule has 0 aromatic heterocycles. The van der Waals surface area contributed by atoms with Gasteiger partial charge in [0.05, 0.1) is 0 Å². The number of nitrogens with zero attached hydrogens (tertiary/aromatic N) is 1. The van der Waals surface area contributed by atoms with Crippen molar-refractivity contribution in [3.8, 4) is 0 Å². The summed E-state index contributed by atoms with van der Waals surface area (Å²) >= 11 is 0. The second kappa shape index (κ2) is 6.13. The second-order valence-electron chi connectivity index (χ2n) is 7.56. The highest BCUT2D eigenvalue weighted by Gasteiger charge is 2.50. The Morgan fingerprint density at radius 1 is 1.11 bits per heavy atom. The Hall–Kier alpha value is -0.0800. The van der Waals surface area contributed by atoms with Crippen molar-refractivity contribution in [3.63, 3.8) is 0 Å². The van der Waals surface area contributed by atoms with Crippen LogP contribution in [0.1, 0.15) is 91.4 Å². The predicted molar refractivity (Wildman–Crippen MR) is 80.4 cm³/mol. The van der Waals surface area contributed by atoms with Crippen molar-refractivity contribution in [1.29, 1.82) is 0 Å². The molecular weight excluding hydrogens is 234 g/mol. The van der Waals surface area contributed by atoms with E-state index in [2.05, 4.69) is 20.8 Å². The highest BCUT2D eigenvalue weighted by atomic mass is 16.5. The zero-order valence-electron chi connectivity index (χ0n) is 13.2. The molecule has 0 radical (unpaired) electrons. The lowest BCUT2D eigenvalue weighted by Crippen LogP contribution is -2.63. The zero-order chi connectivity index (χ0) is 13.9. The van der Waals surface area contributed by atoms with Crippen LogP contribution in [0.25, 0.3) is 0 Å². The van der Waals surface area contributed by atoms with Crippen LogP contribution in [0.3, 0.4) is 0 Å². The standard InChI is InChI=1S/C17H33NO/c1-4-5-7-10-16(3)13-15(2)14-17(18(16)19)11-8-6-9-12-17/h15,19H,4-14H2,1-3H3. The van der Waals surface area contributed by atoms with Crippen molar-refractivity contribution >= 4 is 0 Å². The Morgan fingerprint density at radius 2 is 1.79 bits per heavy atom. The molecule has 1 aliphatic carbocycles. The smallest absolute Gasteiger partial charge is 0.0469 e. The fourth-order valence-corrected chi connectivity index (χ4v) is 4.81. The average molecular weight is 267 g/mol. The van der Waals surface area contributed by atoms with E-state index in [1.807, 2.05) is 5.06 Å². The van der Waals surface area contributed by atoms with Gasteiger partial charge in [0.15, 0.2) is 0 Å². The first-order chi connectivity index (χ1) is 9.02. The average Bonchev–Trinajstić information content (AvgIpc) is 2.37. The molecule has 0 bridgehead atoms. The minimum atomic E-state index is 0.0180. The molecule has 1 N–H and O–H groups in total. The topological polar surface area (TPSA) is 23.5 Å². The Labute approximate surface area is 119 Å². The molecule has 2 rings (SSSR count). The van der Waals surface area contributed by atoms with Crippen LogP contribution in [0, 0.1) is 5.92 Å². The summed E-state index contributed by atoms with van der Waals surface area (Å²) in [5.41, 5.74) is 0.126. The lowest BCUT2D eigenvalue weighted by atomic mass is 9.67. The molecule has 0 aromatic carbocycles. The third-order valence-corrected chi connectivity index (χ3v) is 5.58. The summed E-state index contributed by atoms with van der Waals surface area (Å²) in [6, 6.07) is 0. The maximum Gasteiger partial charge on any atom is 0.0469 e. The van der Waals surface area contributed by atoms with Gasteiger partial charge in [0.2, 0.25) is 0 Å². The van der Waals surface area contributed by atoms with Gasteiger partial charge < -0.3 is 5.21 Å². The minimum absolute atomic E-state index is 0.0180. The molecule has 1 saturated heterocycles. The fourth-order valence-electron chi connectivity index (χ4n) is 4.81. The maximum absolute atomic E-state index is 11.0. The molecule has 0 amide bonds. The molecule has 112 valence electrons. The number of piperidine rings is 1. The van der Waals surface area contributed by atoms with E-state index in [1.54, 1.807) is 0 Å². The molecule has 1 heterocycles. The summed E-state index contributed by atoms with van der Waals surface area (Å²) in [6.45, 7) is 6.95. The van der Waals surface area contributed by atoms with Crippen LogP contribution >= 0.6 is 0 Å². The minimum Gasteiger partial charge on any atom is -0.313 e. The van der Waals surface area contributed by atoms with Gasteiger partial charge in [-0.2, -0.15) is 5.06 Å². The molecule has 2 fully saturated rings. The monoisotopic (exact) mass is 267 g/mol. The van der Waals surface area contributed by atoms with Crippen molar-refractivity contribution in [2.75, 3.05) is 0 Å². The Bertz CT molecular complexity index is 285. The van der Waals surface area contributed by atoms with Gasteiger partial charge in [0, 0.05) is 11.1 Å². The highest BCUT2D eigenvalue weighted by molar-refractivity contribution is 5.02. The highest BCUT2D eigenvalue weighted by Crippen LogP contribution is 2.48. The largest absolute Gasteiger partial charge is 0.313 e. The zero-order valence-corrected chi connectivity index (χ0v) is 13.2. The van der Waals surface area contributed by atoms with Crippen molar-refractivity contribution in [3.05, 3.63) is 0 Å². The van der Waals surface area contributed by atoms with Gasteiger partial charge >= 0.3 is 0 Å². The molecular formula is C17H33NO. The van der Waals surface area contributed by atoms with E-state index in [0.29, 0.717) is 0 Å². The van der Waals surface area contributed by atoms with Crippen LogP contribution in [-0.4, -0.2) is 21.3 Å². The molecule has 2 unspecified atom stereocenters. The summed E-state index contributed by atoms with van der Waals surface area (Å²) in [5, 5.41) is 12.8. The fraction of sp³-hybridized carbons (Fsp3) is 1.00. The molecule has 0 aromatic rings. The quantitative estimate of drug-likeness (QED) is 0.712. The van der Waals surface area contributed by atoms with Crippen molar-refractivity contribution in [2.24, 2.45) is 5.92 Å². The van der Waals surface area contributed by atoms with E-state index in [0.717, 1.165) is 18.8 Å². The Kier molecular flexibility index (Phi) is 4.94. The lowest BCUT2D eigenvalue weighted by molar-refractivity contribution is -0.275. The Balaban J connectivity index is 2.10. The number of rotatable bonds is 4. The van der Waals surface area contributed by atoms with Crippen molar-refractivity contribution in [1.82, 2.24) is 5.06 Å².